The third-order valence-electron chi connectivity index (χ3n) is 4.20. The quantitative estimate of drug-likeness (QED) is 0.571. The summed E-state index contributed by atoms with van der Waals surface area (Å²) in [5.74, 6) is -0.439. The van der Waals surface area contributed by atoms with Crippen LogP contribution in [0.15, 0.2) is 47.3 Å². The van der Waals surface area contributed by atoms with Crippen molar-refractivity contribution in [3.8, 4) is 0 Å². The molecule has 0 saturated carbocycles. The first-order chi connectivity index (χ1) is 12.4. The van der Waals surface area contributed by atoms with Crippen molar-refractivity contribution < 1.29 is 9.72 Å². The number of nitro groups is 1. The van der Waals surface area contributed by atoms with Crippen molar-refractivity contribution in [2.75, 3.05) is 0 Å². The Labute approximate surface area is 148 Å². The number of hydrogen-bond acceptors (Lipinski definition) is 5. The molecular weight excluding hydrogens is 336 g/mol. The SMILES string of the molecule is Cc1c(C(=O)NCc2nn(C)c(=O)c3ccccc23)cccc1[N+](=O)[O-]. The molecule has 2 aromatic carbocycles. The zero-order valence-electron chi connectivity index (χ0n) is 14.2. The van der Waals surface area contributed by atoms with E-state index < -0.39 is 10.8 Å². The number of aryl methyl sites for hydroxylation is 1. The van der Waals surface area contributed by atoms with Gasteiger partial charge in [0.2, 0.25) is 0 Å². The normalized spacial score (nSPS) is 10.7. The van der Waals surface area contributed by atoms with E-state index in [0.29, 0.717) is 22.0 Å². The van der Waals surface area contributed by atoms with Gasteiger partial charge in [0.15, 0.2) is 0 Å². The van der Waals surface area contributed by atoms with Crippen LogP contribution in [0.2, 0.25) is 0 Å². The van der Waals surface area contributed by atoms with Crippen molar-refractivity contribution in [2.45, 2.75) is 13.5 Å². The maximum Gasteiger partial charge on any atom is 0.274 e. The Morgan fingerprint density at radius 1 is 1.19 bits per heavy atom. The van der Waals surface area contributed by atoms with E-state index in [-0.39, 0.29) is 23.4 Å². The molecule has 8 heteroatoms. The van der Waals surface area contributed by atoms with Gasteiger partial charge in [0.25, 0.3) is 17.2 Å². The second-order valence-electron chi connectivity index (χ2n) is 5.81. The van der Waals surface area contributed by atoms with Gasteiger partial charge in [0.1, 0.15) is 0 Å². The molecular formula is C18H16N4O4. The number of nitrogens with one attached hydrogen (secondary N) is 1. The van der Waals surface area contributed by atoms with E-state index >= 15 is 0 Å². The van der Waals surface area contributed by atoms with Gasteiger partial charge in [-0.2, -0.15) is 5.10 Å². The number of carbonyl (C=O) groups excluding carboxylic acids is 1. The predicted molar refractivity (Wildman–Crippen MR) is 96.0 cm³/mol. The maximum atomic E-state index is 12.5. The van der Waals surface area contributed by atoms with Crippen molar-refractivity contribution in [3.05, 3.63) is 79.8 Å². The third kappa shape index (κ3) is 3.04. The summed E-state index contributed by atoms with van der Waals surface area (Å²) in [4.78, 5) is 35.1. The molecule has 0 spiro atoms. The topological polar surface area (TPSA) is 107 Å². The summed E-state index contributed by atoms with van der Waals surface area (Å²) in [6.45, 7) is 1.63. The average molecular weight is 352 g/mol. The van der Waals surface area contributed by atoms with Crippen LogP contribution in [0.1, 0.15) is 21.6 Å². The molecule has 3 rings (SSSR count). The molecule has 0 atom stereocenters. The van der Waals surface area contributed by atoms with Gasteiger partial charge in [0.05, 0.1) is 22.5 Å². The minimum absolute atomic E-state index is 0.0929. The van der Waals surface area contributed by atoms with Gasteiger partial charge < -0.3 is 5.32 Å². The molecule has 0 unspecified atom stereocenters. The molecule has 0 aliphatic heterocycles. The predicted octanol–water partition coefficient (Wildman–Crippen LogP) is 2.08. The van der Waals surface area contributed by atoms with Crippen LogP contribution in [0, 0.1) is 17.0 Å². The summed E-state index contributed by atoms with van der Waals surface area (Å²) >= 11 is 0. The molecule has 0 bridgehead atoms. The second-order valence-corrected chi connectivity index (χ2v) is 5.81. The number of hydrogen-bond donors (Lipinski definition) is 1. The average Bonchev–Trinajstić information content (AvgIpc) is 2.63. The van der Waals surface area contributed by atoms with E-state index in [1.807, 2.05) is 0 Å². The highest BCUT2D eigenvalue weighted by Crippen LogP contribution is 2.21. The van der Waals surface area contributed by atoms with Gasteiger partial charge in [-0.25, -0.2) is 4.68 Å². The number of fused-ring (bicyclic) bond motifs is 1. The van der Waals surface area contributed by atoms with E-state index in [2.05, 4.69) is 10.4 Å². The fourth-order valence-electron chi connectivity index (χ4n) is 2.83. The first-order valence-electron chi connectivity index (χ1n) is 7.87. The molecule has 8 nitrogen and oxygen atoms in total. The first-order valence-corrected chi connectivity index (χ1v) is 7.87. The van der Waals surface area contributed by atoms with Gasteiger partial charge >= 0.3 is 0 Å². The Hall–Kier alpha value is -3.55. The van der Waals surface area contributed by atoms with Gasteiger partial charge in [0, 0.05) is 29.6 Å². The number of benzene rings is 2. The number of aromatic nitrogens is 2. The number of rotatable bonds is 4. The van der Waals surface area contributed by atoms with Gasteiger partial charge in [-0.1, -0.05) is 24.3 Å². The molecule has 1 aromatic heterocycles. The van der Waals surface area contributed by atoms with Crippen LogP contribution in [-0.2, 0) is 13.6 Å². The van der Waals surface area contributed by atoms with Crippen LogP contribution in [0.25, 0.3) is 10.8 Å². The van der Waals surface area contributed by atoms with Crippen LogP contribution in [-0.4, -0.2) is 20.6 Å². The molecule has 1 N–H and O–H groups in total. The zero-order valence-corrected chi connectivity index (χ0v) is 14.2. The molecule has 0 radical (unpaired) electrons. The monoisotopic (exact) mass is 352 g/mol. The summed E-state index contributed by atoms with van der Waals surface area (Å²) in [6, 6.07) is 11.4. The lowest BCUT2D eigenvalue weighted by Gasteiger charge is -2.10. The Morgan fingerprint density at radius 2 is 1.88 bits per heavy atom. The molecule has 1 heterocycles. The second kappa shape index (κ2) is 6.75. The number of nitrogens with zero attached hydrogens (tertiary/aromatic N) is 3. The molecule has 26 heavy (non-hydrogen) atoms. The fourth-order valence-corrected chi connectivity index (χ4v) is 2.83. The molecule has 0 fully saturated rings. The van der Waals surface area contributed by atoms with E-state index in [1.54, 1.807) is 31.3 Å². The summed E-state index contributed by atoms with van der Waals surface area (Å²) in [5.41, 5.74) is 0.745. The highest BCUT2D eigenvalue weighted by Gasteiger charge is 2.18. The molecule has 0 aliphatic carbocycles. The van der Waals surface area contributed by atoms with Crippen LogP contribution in [0.5, 0.6) is 0 Å². The molecule has 0 saturated heterocycles. The Balaban J connectivity index is 1.91. The maximum absolute atomic E-state index is 12.5. The molecule has 0 aliphatic rings. The van der Waals surface area contributed by atoms with Crippen LogP contribution >= 0.6 is 0 Å². The van der Waals surface area contributed by atoms with E-state index in [9.17, 15) is 19.7 Å². The number of carbonyl (C=O) groups is 1. The Morgan fingerprint density at radius 3 is 2.58 bits per heavy atom. The van der Waals surface area contributed by atoms with Crippen molar-refractivity contribution in [1.82, 2.24) is 15.1 Å². The highest BCUT2D eigenvalue weighted by molar-refractivity contribution is 5.96. The zero-order chi connectivity index (χ0) is 18.8. The summed E-state index contributed by atoms with van der Waals surface area (Å²) in [6.07, 6.45) is 0. The third-order valence-corrected chi connectivity index (χ3v) is 4.20. The summed E-state index contributed by atoms with van der Waals surface area (Å²) in [5, 5.41) is 19.1. The van der Waals surface area contributed by atoms with E-state index in [4.69, 9.17) is 0 Å². The van der Waals surface area contributed by atoms with E-state index in [1.165, 1.54) is 29.8 Å². The van der Waals surface area contributed by atoms with E-state index in [0.717, 1.165) is 0 Å². The van der Waals surface area contributed by atoms with Crippen molar-refractivity contribution in [3.63, 3.8) is 0 Å². The lowest BCUT2D eigenvalue weighted by atomic mass is 10.1. The minimum atomic E-state index is -0.520. The molecule has 132 valence electrons. The number of amides is 1. The Bertz CT molecular complexity index is 1090. The lowest BCUT2D eigenvalue weighted by molar-refractivity contribution is -0.385. The van der Waals surface area contributed by atoms with Crippen LogP contribution < -0.4 is 10.9 Å². The Kier molecular flexibility index (Phi) is 4.49. The van der Waals surface area contributed by atoms with Gasteiger partial charge in [-0.05, 0) is 19.1 Å². The van der Waals surface area contributed by atoms with Crippen LogP contribution in [0.3, 0.4) is 0 Å². The first kappa shape index (κ1) is 17.3. The van der Waals surface area contributed by atoms with Gasteiger partial charge in [-0.3, -0.25) is 19.7 Å². The lowest BCUT2D eigenvalue weighted by Crippen LogP contribution is -2.27. The smallest absolute Gasteiger partial charge is 0.274 e. The largest absolute Gasteiger partial charge is 0.346 e. The molecule has 1 amide bonds. The molecule has 3 aromatic rings. The summed E-state index contributed by atoms with van der Waals surface area (Å²) in [7, 11) is 1.55. The number of nitro benzene ring substituents is 1. The summed E-state index contributed by atoms with van der Waals surface area (Å²) < 4.78 is 1.22. The highest BCUT2D eigenvalue weighted by atomic mass is 16.6. The standard InChI is InChI=1S/C18H16N4O4/c1-11-12(8-5-9-16(11)22(25)26)17(23)19-10-15-13-6-3-4-7-14(13)18(24)21(2)20-15/h3-9H,10H2,1-2H3,(H,19,23). The van der Waals surface area contributed by atoms with Gasteiger partial charge in [-0.15, -0.1) is 0 Å². The van der Waals surface area contributed by atoms with Crippen molar-refractivity contribution in [1.29, 1.82) is 0 Å². The minimum Gasteiger partial charge on any atom is -0.346 e. The van der Waals surface area contributed by atoms with Crippen molar-refractivity contribution >= 4 is 22.4 Å². The van der Waals surface area contributed by atoms with Crippen molar-refractivity contribution in [2.24, 2.45) is 7.05 Å². The van der Waals surface area contributed by atoms with Crippen LogP contribution in [0.4, 0.5) is 5.69 Å². The fraction of sp³-hybridized carbons (Fsp3) is 0.167.